The third-order valence-electron chi connectivity index (χ3n) is 6.45. The first-order chi connectivity index (χ1) is 18.8. The van der Waals surface area contributed by atoms with Gasteiger partial charge in [0.15, 0.2) is 5.82 Å². The first-order valence-electron chi connectivity index (χ1n) is 13.4. The van der Waals surface area contributed by atoms with Gasteiger partial charge in [0.2, 0.25) is 0 Å². The van der Waals surface area contributed by atoms with Crippen LogP contribution < -0.4 is 4.74 Å². The normalized spacial score (nSPS) is 11.2. The summed E-state index contributed by atoms with van der Waals surface area (Å²) >= 11 is 0. The molecule has 0 saturated carbocycles. The lowest BCUT2D eigenvalue weighted by Gasteiger charge is -2.07. The zero-order chi connectivity index (χ0) is 26.0. The van der Waals surface area contributed by atoms with Crippen molar-refractivity contribution in [3.8, 4) is 33.8 Å². The average molecular weight is 500 g/mol. The Bertz CT molecular complexity index is 1440. The molecule has 0 N–H and O–H groups in total. The van der Waals surface area contributed by atoms with Crippen molar-refractivity contribution in [1.82, 2.24) is 9.78 Å². The van der Waals surface area contributed by atoms with E-state index in [2.05, 4.69) is 55.5 Å². The smallest absolute Gasteiger partial charge is 0.164 e. The highest BCUT2D eigenvalue weighted by atomic mass is 16.5. The van der Waals surface area contributed by atoms with Crippen LogP contribution in [0.25, 0.3) is 28.1 Å². The van der Waals surface area contributed by atoms with E-state index < -0.39 is 0 Å². The number of hydrogen-bond acceptors (Lipinski definition) is 3. The number of para-hydroxylation sites is 1. The van der Waals surface area contributed by atoms with E-state index in [9.17, 15) is 0 Å². The fourth-order valence-corrected chi connectivity index (χ4v) is 4.45. The Hall–Kier alpha value is -4.44. The molecule has 0 amide bonds. The number of benzene rings is 4. The van der Waals surface area contributed by atoms with E-state index in [1.54, 1.807) is 0 Å². The Labute approximate surface area is 225 Å². The van der Waals surface area contributed by atoms with Gasteiger partial charge in [-0.25, -0.2) is 9.67 Å². The third-order valence-corrected chi connectivity index (χ3v) is 6.45. The molecule has 0 spiro atoms. The molecule has 4 aromatic carbocycles. The summed E-state index contributed by atoms with van der Waals surface area (Å²) < 4.78 is 7.86. The van der Waals surface area contributed by atoms with E-state index in [1.165, 1.54) is 19.3 Å². The lowest BCUT2D eigenvalue weighted by Crippen LogP contribution is -1.97. The summed E-state index contributed by atoms with van der Waals surface area (Å²) in [5, 5.41) is 5.09. The van der Waals surface area contributed by atoms with Crippen LogP contribution in [0.15, 0.2) is 120 Å². The van der Waals surface area contributed by atoms with Crippen LogP contribution in [0.3, 0.4) is 0 Å². The van der Waals surface area contributed by atoms with Crippen molar-refractivity contribution in [2.75, 3.05) is 6.61 Å². The van der Waals surface area contributed by atoms with Crippen molar-refractivity contribution in [3.05, 3.63) is 121 Å². The Morgan fingerprint density at radius 1 is 0.711 bits per heavy atom. The van der Waals surface area contributed by atoms with Gasteiger partial charge in [-0.1, -0.05) is 105 Å². The van der Waals surface area contributed by atoms with E-state index in [-0.39, 0.29) is 0 Å². The van der Waals surface area contributed by atoms with Crippen LogP contribution in [-0.4, -0.2) is 22.6 Å². The summed E-state index contributed by atoms with van der Waals surface area (Å²) in [5.41, 5.74) is 6.00. The van der Waals surface area contributed by atoms with Crippen LogP contribution in [0.2, 0.25) is 0 Å². The molecule has 4 nitrogen and oxygen atoms in total. The summed E-state index contributed by atoms with van der Waals surface area (Å²) in [6.45, 7) is 2.98. The highest BCUT2D eigenvalue weighted by Gasteiger charge is 2.21. The molecule has 4 heteroatoms. The van der Waals surface area contributed by atoms with Crippen LogP contribution in [0.1, 0.15) is 38.2 Å². The average Bonchev–Trinajstić information content (AvgIpc) is 3.37. The van der Waals surface area contributed by atoms with Gasteiger partial charge in [-0.15, -0.1) is 0 Å². The molecule has 0 aliphatic heterocycles. The maximum Gasteiger partial charge on any atom is 0.164 e. The molecule has 0 radical (unpaired) electrons. The van der Waals surface area contributed by atoms with Crippen molar-refractivity contribution in [2.45, 2.75) is 32.6 Å². The molecule has 0 aliphatic rings. The molecule has 190 valence electrons. The maximum atomic E-state index is 5.92. The van der Waals surface area contributed by atoms with Gasteiger partial charge >= 0.3 is 0 Å². The second-order valence-electron chi connectivity index (χ2n) is 9.26. The Morgan fingerprint density at radius 2 is 1.34 bits per heavy atom. The summed E-state index contributed by atoms with van der Waals surface area (Å²) in [6, 6.07) is 39.0. The van der Waals surface area contributed by atoms with Crippen molar-refractivity contribution in [1.29, 1.82) is 0 Å². The molecule has 0 atom stereocenters. The zero-order valence-corrected chi connectivity index (χ0v) is 21.8. The topological polar surface area (TPSA) is 39.4 Å². The Morgan fingerprint density at radius 3 is 2.00 bits per heavy atom. The van der Waals surface area contributed by atoms with Crippen LogP contribution >= 0.6 is 0 Å². The minimum Gasteiger partial charge on any atom is -0.494 e. The molecule has 0 saturated heterocycles. The first kappa shape index (κ1) is 25.2. The van der Waals surface area contributed by atoms with Crippen LogP contribution in [-0.2, 0) is 0 Å². The fraction of sp³-hybridized carbons (Fsp3) is 0.176. The van der Waals surface area contributed by atoms with Gasteiger partial charge in [0, 0.05) is 11.8 Å². The lowest BCUT2D eigenvalue weighted by atomic mass is 10.0. The summed E-state index contributed by atoms with van der Waals surface area (Å²) in [4.78, 5) is 5.04. The van der Waals surface area contributed by atoms with Gasteiger partial charge in [0.05, 0.1) is 17.9 Å². The monoisotopic (exact) mass is 499 g/mol. The van der Waals surface area contributed by atoms with Crippen molar-refractivity contribution < 1.29 is 4.74 Å². The number of ether oxygens (including phenoxy) is 1. The zero-order valence-electron chi connectivity index (χ0n) is 21.8. The number of rotatable bonds is 11. The van der Waals surface area contributed by atoms with Crippen molar-refractivity contribution in [2.24, 2.45) is 4.99 Å². The molecule has 0 fully saturated rings. The largest absolute Gasteiger partial charge is 0.494 e. The fourth-order valence-electron chi connectivity index (χ4n) is 4.45. The summed E-state index contributed by atoms with van der Waals surface area (Å²) in [5.74, 6) is 1.68. The van der Waals surface area contributed by atoms with Gasteiger partial charge in [0.1, 0.15) is 11.4 Å². The van der Waals surface area contributed by atoms with Crippen molar-refractivity contribution >= 4 is 12.0 Å². The highest BCUT2D eigenvalue weighted by molar-refractivity contribution is 5.91. The number of aliphatic imine (C=N–C) groups is 1. The Kier molecular flexibility index (Phi) is 8.42. The van der Waals surface area contributed by atoms with E-state index >= 15 is 0 Å². The minimum absolute atomic E-state index is 0.756. The van der Waals surface area contributed by atoms with Crippen LogP contribution in [0.5, 0.6) is 5.75 Å². The molecule has 1 aromatic heterocycles. The molecule has 0 bridgehead atoms. The van der Waals surface area contributed by atoms with E-state index in [4.69, 9.17) is 14.8 Å². The van der Waals surface area contributed by atoms with Gasteiger partial charge < -0.3 is 4.74 Å². The van der Waals surface area contributed by atoms with Crippen molar-refractivity contribution in [3.63, 3.8) is 0 Å². The summed E-state index contributed by atoms with van der Waals surface area (Å²) in [6.07, 6.45) is 6.70. The third kappa shape index (κ3) is 6.09. The number of nitrogens with zero attached hydrogens (tertiary/aromatic N) is 3. The molecular formula is C34H33N3O. The quantitative estimate of drug-likeness (QED) is 0.134. The van der Waals surface area contributed by atoms with E-state index in [0.717, 1.165) is 58.2 Å². The van der Waals surface area contributed by atoms with E-state index in [0.29, 0.717) is 0 Å². The minimum atomic E-state index is 0.756. The van der Waals surface area contributed by atoms with Gasteiger partial charge in [-0.2, -0.15) is 5.10 Å². The van der Waals surface area contributed by atoms with Crippen LogP contribution in [0.4, 0.5) is 5.82 Å². The molecule has 0 aliphatic carbocycles. The Balaban J connectivity index is 1.52. The van der Waals surface area contributed by atoms with Gasteiger partial charge in [-0.05, 0) is 53.9 Å². The molecule has 0 unspecified atom stereocenters. The standard InChI is InChI=1S/C34H33N3O/c1-2-3-4-14-25-38-31-23-21-27(22-24-31)26-35-34-32(28-15-8-5-9-16-28)33(29-17-10-6-11-18-29)36-37(34)30-19-12-7-13-20-30/h5-13,15-24,26H,2-4,14,25H2,1H3. The molecular weight excluding hydrogens is 466 g/mol. The van der Waals surface area contributed by atoms with Crippen LogP contribution in [0, 0.1) is 0 Å². The SMILES string of the molecule is CCCCCCOc1ccc(C=Nc2c(-c3ccccc3)c(-c3ccccc3)nn2-c2ccccc2)cc1. The number of hydrogen-bond donors (Lipinski definition) is 0. The second-order valence-corrected chi connectivity index (χ2v) is 9.26. The second kappa shape index (κ2) is 12.7. The predicted octanol–water partition coefficient (Wildman–Crippen LogP) is 8.92. The molecule has 5 rings (SSSR count). The lowest BCUT2D eigenvalue weighted by molar-refractivity contribution is 0.305. The predicted molar refractivity (Wildman–Crippen MR) is 158 cm³/mol. The van der Waals surface area contributed by atoms with Gasteiger partial charge in [0.25, 0.3) is 0 Å². The molecule has 5 aromatic rings. The van der Waals surface area contributed by atoms with E-state index in [1.807, 2.05) is 77.6 Å². The number of aromatic nitrogens is 2. The highest BCUT2D eigenvalue weighted by Crippen LogP contribution is 2.40. The maximum absolute atomic E-state index is 5.92. The number of unbranched alkanes of at least 4 members (excludes halogenated alkanes) is 3. The van der Waals surface area contributed by atoms with Gasteiger partial charge in [-0.3, -0.25) is 0 Å². The summed E-state index contributed by atoms with van der Waals surface area (Å²) in [7, 11) is 0. The molecule has 1 heterocycles. The molecule has 38 heavy (non-hydrogen) atoms. The first-order valence-corrected chi connectivity index (χ1v) is 13.4.